The summed E-state index contributed by atoms with van der Waals surface area (Å²) in [6.45, 7) is 0.611. The Morgan fingerprint density at radius 2 is 1.79 bits per heavy atom. The Bertz CT molecular complexity index is 866. The maximum atomic E-state index is 12.1. The molecule has 0 bridgehead atoms. The molecule has 0 aliphatic carbocycles. The van der Waals surface area contributed by atoms with Crippen LogP contribution in [-0.2, 0) is 16.1 Å². The first kappa shape index (κ1) is 15.8. The Hall–Kier alpha value is -3.08. The molecule has 1 aromatic heterocycles. The quantitative estimate of drug-likeness (QED) is 0.732. The van der Waals surface area contributed by atoms with Gasteiger partial charge in [-0.15, -0.1) is 0 Å². The number of anilines is 1. The van der Waals surface area contributed by atoms with E-state index in [2.05, 4.69) is 20.7 Å². The number of esters is 1. The molecule has 3 aromatic rings. The molecule has 0 radical (unpaired) electrons. The summed E-state index contributed by atoms with van der Waals surface area (Å²) >= 11 is 0. The molecule has 3 rings (SSSR count). The van der Waals surface area contributed by atoms with Gasteiger partial charge in [0.1, 0.15) is 0 Å². The van der Waals surface area contributed by atoms with Crippen LogP contribution in [0.25, 0.3) is 10.9 Å². The number of para-hydroxylation sites is 1. The number of carbonyl (C=O) groups is 2. The van der Waals surface area contributed by atoms with Crippen LogP contribution in [0.4, 0.5) is 5.69 Å². The number of methoxy groups -OCH3 is 1. The largest absolute Gasteiger partial charge is 0.465 e. The van der Waals surface area contributed by atoms with E-state index in [1.807, 2.05) is 30.5 Å². The normalized spacial score (nSPS) is 10.5. The van der Waals surface area contributed by atoms with Gasteiger partial charge in [-0.25, -0.2) is 4.79 Å². The third-order valence-electron chi connectivity index (χ3n) is 3.85. The van der Waals surface area contributed by atoms with Gasteiger partial charge in [0.2, 0.25) is 5.91 Å². The van der Waals surface area contributed by atoms with Crippen molar-refractivity contribution in [2.75, 3.05) is 12.4 Å². The van der Waals surface area contributed by atoms with Gasteiger partial charge < -0.3 is 14.6 Å². The standard InChI is InChI=1S/C19H18N2O3/c1-24-19(23)15-6-8-16(9-7-15)20-18(22)11-13-21-12-10-14-4-2-3-5-17(14)21/h2-10,12H,11,13H2,1H3,(H,20,22). The number of hydrogen-bond acceptors (Lipinski definition) is 3. The summed E-state index contributed by atoms with van der Waals surface area (Å²) < 4.78 is 6.71. The average molecular weight is 322 g/mol. The molecule has 5 nitrogen and oxygen atoms in total. The molecule has 1 N–H and O–H groups in total. The van der Waals surface area contributed by atoms with Crippen molar-refractivity contribution in [2.24, 2.45) is 0 Å². The summed E-state index contributed by atoms with van der Waals surface area (Å²) in [7, 11) is 1.34. The molecule has 1 amide bonds. The Morgan fingerprint density at radius 3 is 2.54 bits per heavy atom. The predicted octanol–water partition coefficient (Wildman–Crippen LogP) is 3.46. The van der Waals surface area contributed by atoms with Crippen LogP contribution >= 0.6 is 0 Å². The van der Waals surface area contributed by atoms with Gasteiger partial charge in [-0.2, -0.15) is 0 Å². The molecule has 24 heavy (non-hydrogen) atoms. The molecule has 122 valence electrons. The first-order valence-electron chi connectivity index (χ1n) is 7.69. The van der Waals surface area contributed by atoms with Crippen molar-refractivity contribution in [3.63, 3.8) is 0 Å². The Balaban J connectivity index is 1.58. The summed E-state index contributed by atoms with van der Waals surface area (Å²) in [6, 6.07) is 16.7. The number of ether oxygens (including phenoxy) is 1. The van der Waals surface area contributed by atoms with E-state index in [1.54, 1.807) is 24.3 Å². The third kappa shape index (κ3) is 3.46. The number of aromatic nitrogens is 1. The van der Waals surface area contributed by atoms with Gasteiger partial charge in [-0.3, -0.25) is 4.79 Å². The predicted molar refractivity (Wildman–Crippen MR) is 93.0 cm³/mol. The highest BCUT2D eigenvalue weighted by molar-refractivity contribution is 5.93. The van der Waals surface area contributed by atoms with Crippen LogP contribution < -0.4 is 5.32 Å². The van der Waals surface area contributed by atoms with Crippen LogP contribution in [0, 0.1) is 0 Å². The monoisotopic (exact) mass is 322 g/mol. The molecule has 0 spiro atoms. The van der Waals surface area contributed by atoms with Gasteiger partial charge in [0, 0.05) is 30.4 Å². The minimum atomic E-state index is -0.396. The SMILES string of the molecule is COC(=O)c1ccc(NC(=O)CCn2ccc3ccccc32)cc1. The Kier molecular flexibility index (Phi) is 4.61. The molecule has 0 atom stereocenters. The number of carbonyl (C=O) groups excluding carboxylic acids is 2. The maximum absolute atomic E-state index is 12.1. The molecule has 0 unspecified atom stereocenters. The molecule has 2 aromatic carbocycles. The Labute approximate surface area is 139 Å². The van der Waals surface area contributed by atoms with E-state index in [0.29, 0.717) is 24.2 Å². The molecule has 5 heteroatoms. The smallest absolute Gasteiger partial charge is 0.337 e. The van der Waals surface area contributed by atoms with Crippen molar-refractivity contribution in [2.45, 2.75) is 13.0 Å². The third-order valence-corrected chi connectivity index (χ3v) is 3.85. The average Bonchev–Trinajstić information content (AvgIpc) is 3.03. The Morgan fingerprint density at radius 1 is 1.04 bits per heavy atom. The number of hydrogen-bond donors (Lipinski definition) is 1. The van der Waals surface area contributed by atoms with Crippen LogP contribution in [0.3, 0.4) is 0 Å². The highest BCUT2D eigenvalue weighted by Crippen LogP contribution is 2.16. The zero-order valence-electron chi connectivity index (χ0n) is 13.4. The second-order valence-corrected chi connectivity index (χ2v) is 5.44. The fraction of sp³-hybridized carbons (Fsp3) is 0.158. The number of amides is 1. The van der Waals surface area contributed by atoms with E-state index in [9.17, 15) is 9.59 Å². The number of benzene rings is 2. The zero-order chi connectivity index (χ0) is 16.9. The lowest BCUT2D eigenvalue weighted by Crippen LogP contribution is -2.14. The van der Waals surface area contributed by atoms with Crippen LogP contribution in [0.5, 0.6) is 0 Å². The summed E-state index contributed by atoms with van der Waals surface area (Å²) in [5.41, 5.74) is 2.23. The van der Waals surface area contributed by atoms with Gasteiger partial charge in [0.25, 0.3) is 0 Å². The molecule has 1 heterocycles. The van der Waals surface area contributed by atoms with E-state index in [-0.39, 0.29) is 5.91 Å². The van der Waals surface area contributed by atoms with Crippen LogP contribution in [0.1, 0.15) is 16.8 Å². The van der Waals surface area contributed by atoms with Crippen molar-refractivity contribution in [3.05, 3.63) is 66.4 Å². The number of rotatable bonds is 5. The molecule has 0 saturated carbocycles. The fourth-order valence-corrected chi connectivity index (χ4v) is 2.59. The first-order chi connectivity index (χ1) is 11.7. The fourth-order valence-electron chi connectivity index (χ4n) is 2.59. The van der Waals surface area contributed by atoms with E-state index in [4.69, 9.17) is 0 Å². The number of fused-ring (bicyclic) bond motifs is 1. The molecule has 0 fully saturated rings. The first-order valence-corrected chi connectivity index (χ1v) is 7.69. The van der Waals surface area contributed by atoms with Crippen molar-refractivity contribution >= 4 is 28.5 Å². The van der Waals surface area contributed by atoms with Crippen LogP contribution in [0.15, 0.2) is 60.8 Å². The number of nitrogens with one attached hydrogen (secondary N) is 1. The molecule has 0 aliphatic rings. The van der Waals surface area contributed by atoms with Crippen molar-refractivity contribution in [3.8, 4) is 0 Å². The van der Waals surface area contributed by atoms with Crippen LogP contribution in [-0.4, -0.2) is 23.6 Å². The summed E-state index contributed by atoms with van der Waals surface area (Å²) in [5, 5.41) is 4.00. The highest BCUT2D eigenvalue weighted by atomic mass is 16.5. The van der Waals surface area contributed by atoms with E-state index < -0.39 is 5.97 Å². The minimum Gasteiger partial charge on any atom is -0.465 e. The zero-order valence-corrected chi connectivity index (χ0v) is 13.4. The molecule has 0 saturated heterocycles. The van der Waals surface area contributed by atoms with Gasteiger partial charge >= 0.3 is 5.97 Å². The second-order valence-electron chi connectivity index (χ2n) is 5.44. The molecular formula is C19H18N2O3. The van der Waals surface area contributed by atoms with Gasteiger partial charge in [-0.05, 0) is 41.8 Å². The second kappa shape index (κ2) is 7.00. The number of nitrogens with zero attached hydrogens (tertiary/aromatic N) is 1. The minimum absolute atomic E-state index is 0.0707. The lowest BCUT2D eigenvalue weighted by Gasteiger charge is -2.08. The van der Waals surface area contributed by atoms with E-state index in [0.717, 1.165) is 10.9 Å². The van der Waals surface area contributed by atoms with Gasteiger partial charge in [0.15, 0.2) is 0 Å². The summed E-state index contributed by atoms with van der Waals surface area (Å²) in [4.78, 5) is 23.5. The lowest BCUT2D eigenvalue weighted by molar-refractivity contribution is -0.116. The maximum Gasteiger partial charge on any atom is 0.337 e. The van der Waals surface area contributed by atoms with Crippen LogP contribution in [0.2, 0.25) is 0 Å². The van der Waals surface area contributed by atoms with Gasteiger partial charge in [-0.1, -0.05) is 18.2 Å². The molecule has 0 aliphatic heterocycles. The summed E-state index contributed by atoms with van der Waals surface area (Å²) in [5.74, 6) is -0.467. The molecular weight excluding hydrogens is 304 g/mol. The topological polar surface area (TPSA) is 60.3 Å². The van der Waals surface area contributed by atoms with E-state index in [1.165, 1.54) is 7.11 Å². The van der Waals surface area contributed by atoms with Gasteiger partial charge in [0.05, 0.1) is 12.7 Å². The highest BCUT2D eigenvalue weighted by Gasteiger charge is 2.07. The van der Waals surface area contributed by atoms with Crippen molar-refractivity contribution in [1.82, 2.24) is 4.57 Å². The summed E-state index contributed by atoms with van der Waals surface area (Å²) in [6.07, 6.45) is 2.36. The lowest BCUT2D eigenvalue weighted by atomic mass is 10.2. The van der Waals surface area contributed by atoms with Crippen molar-refractivity contribution < 1.29 is 14.3 Å². The van der Waals surface area contributed by atoms with E-state index >= 15 is 0 Å². The van der Waals surface area contributed by atoms with Crippen molar-refractivity contribution in [1.29, 1.82) is 0 Å². The number of aryl methyl sites for hydroxylation is 1.